The van der Waals surface area contributed by atoms with E-state index < -0.39 is 21.8 Å². The molecule has 0 aromatic carbocycles. The molecule has 0 spiro atoms. The van der Waals surface area contributed by atoms with E-state index in [9.17, 15) is 21.6 Å². The van der Waals surface area contributed by atoms with Crippen LogP contribution < -0.4 is 5.73 Å². The summed E-state index contributed by atoms with van der Waals surface area (Å²) >= 11 is 0. The molecule has 0 bridgehead atoms. The highest BCUT2D eigenvalue weighted by Crippen LogP contribution is 2.36. The van der Waals surface area contributed by atoms with Crippen molar-refractivity contribution < 1.29 is 21.6 Å². The Balaban J connectivity index is 1.83. The molecule has 2 aliphatic rings. The number of halogens is 3. The lowest BCUT2D eigenvalue weighted by molar-refractivity contribution is -0.0891. The zero-order valence-corrected chi connectivity index (χ0v) is 15.7. The Kier molecular flexibility index (Phi) is 5.26. The van der Waals surface area contributed by atoms with Crippen LogP contribution in [0.15, 0.2) is 35.8 Å². The number of nitrogens with zero attached hydrogens (tertiary/aromatic N) is 4. The molecule has 1 aliphatic heterocycles. The van der Waals surface area contributed by atoms with Crippen LogP contribution in [0.2, 0.25) is 0 Å². The average Bonchev–Trinajstić information content (AvgIpc) is 2.98. The van der Waals surface area contributed by atoms with Gasteiger partial charge in [-0.05, 0) is 12.5 Å². The maximum atomic E-state index is 13.2. The molecule has 1 fully saturated rings. The maximum Gasteiger partial charge on any atom is 0.416 e. The maximum absolute atomic E-state index is 13.2. The van der Waals surface area contributed by atoms with Gasteiger partial charge in [-0.15, -0.1) is 0 Å². The third-order valence-electron chi connectivity index (χ3n) is 4.91. The van der Waals surface area contributed by atoms with Crippen molar-refractivity contribution in [3.63, 3.8) is 0 Å². The summed E-state index contributed by atoms with van der Waals surface area (Å²) in [6, 6.07) is 0. The van der Waals surface area contributed by atoms with Crippen LogP contribution in [0.3, 0.4) is 0 Å². The summed E-state index contributed by atoms with van der Waals surface area (Å²) in [4.78, 5) is 5.80. The van der Waals surface area contributed by atoms with E-state index in [0.717, 1.165) is 6.26 Å². The Morgan fingerprint density at radius 2 is 1.93 bits per heavy atom. The third-order valence-corrected chi connectivity index (χ3v) is 6.21. The summed E-state index contributed by atoms with van der Waals surface area (Å²) in [5.41, 5.74) is 5.69. The van der Waals surface area contributed by atoms with Crippen molar-refractivity contribution in [3.05, 3.63) is 35.8 Å². The lowest BCUT2D eigenvalue weighted by Gasteiger charge is -2.40. The molecule has 150 valence electrons. The van der Waals surface area contributed by atoms with Gasteiger partial charge >= 0.3 is 6.18 Å². The minimum atomic E-state index is -4.42. The van der Waals surface area contributed by atoms with E-state index in [1.807, 2.05) is 4.90 Å². The van der Waals surface area contributed by atoms with Crippen molar-refractivity contribution in [3.8, 4) is 0 Å². The van der Waals surface area contributed by atoms with Crippen LogP contribution in [-0.4, -0.2) is 65.8 Å². The van der Waals surface area contributed by atoms with Crippen LogP contribution in [0.5, 0.6) is 0 Å². The minimum absolute atomic E-state index is 0.197. The summed E-state index contributed by atoms with van der Waals surface area (Å²) in [6.45, 7) is 1.61. The van der Waals surface area contributed by atoms with Crippen molar-refractivity contribution >= 4 is 16.0 Å². The number of imidazole rings is 1. The van der Waals surface area contributed by atoms with Crippen LogP contribution in [-0.2, 0) is 16.6 Å². The van der Waals surface area contributed by atoms with Gasteiger partial charge in [-0.3, -0.25) is 0 Å². The number of rotatable bonds is 4. The topological polar surface area (TPSA) is 84.5 Å². The minimum Gasteiger partial charge on any atom is -0.372 e. The van der Waals surface area contributed by atoms with Crippen molar-refractivity contribution in [2.24, 2.45) is 5.92 Å². The van der Waals surface area contributed by atoms with E-state index in [2.05, 4.69) is 4.98 Å². The molecule has 2 N–H and O–H groups in total. The number of sulfonamides is 1. The van der Waals surface area contributed by atoms with Gasteiger partial charge in [0.1, 0.15) is 0 Å². The molecule has 2 heterocycles. The zero-order valence-electron chi connectivity index (χ0n) is 14.9. The SMILES string of the molecule is CS(=O)(=O)N1CCN(C2=CC(C(F)(F)F)=CCC2Cn2ccnc2N)CC1. The number of nitrogens with two attached hydrogens (primary N) is 1. The number of hydrogen-bond acceptors (Lipinski definition) is 5. The third kappa shape index (κ3) is 4.46. The van der Waals surface area contributed by atoms with Crippen LogP contribution in [0, 0.1) is 5.92 Å². The second-order valence-corrected chi connectivity index (χ2v) is 8.73. The molecule has 1 unspecified atom stereocenters. The Labute approximate surface area is 156 Å². The standard InChI is InChI=1S/C16H22F3N5O2S/c1-27(25,26)24-8-6-22(7-9-24)14-10-13(16(17,18)19)3-2-12(14)11-23-5-4-21-15(23)20/h3-5,10,12H,2,6-9,11H2,1H3,(H2,20,21). The average molecular weight is 405 g/mol. The summed E-state index contributed by atoms with van der Waals surface area (Å²) in [5.74, 6) is 0.110. The van der Waals surface area contributed by atoms with Gasteiger partial charge in [0.15, 0.2) is 5.95 Å². The number of hydrogen-bond donors (Lipinski definition) is 1. The highest BCUT2D eigenvalue weighted by Gasteiger charge is 2.37. The molecule has 1 aromatic rings. The molecule has 1 aromatic heterocycles. The molecule has 7 nitrogen and oxygen atoms in total. The van der Waals surface area contributed by atoms with Crippen LogP contribution >= 0.6 is 0 Å². The fourth-order valence-corrected chi connectivity index (χ4v) is 4.28. The first-order valence-electron chi connectivity index (χ1n) is 8.51. The van der Waals surface area contributed by atoms with Gasteiger partial charge in [-0.2, -0.15) is 17.5 Å². The molecule has 11 heteroatoms. The van der Waals surface area contributed by atoms with E-state index in [1.54, 1.807) is 17.0 Å². The first kappa shape index (κ1) is 19.7. The molecule has 1 saturated heterocycles. The number of piperazine rings is 1. The number of aromatic nitrogens is 2. The lowest BCUT2D eigenvalue weighted by atomic mass is 9.91. The quantitative estimate of drug-likeness (QED) is 0.819. The number of allylic oxidation sites excluding steroid dienone is 4. The smallest absolute Gasteiger partial charge is 0.372 e. The van der Waals surface area contributed by atoms with E-state index in [-0.39, 0.29) is 25.4 Å². The van der Waals surface area contributed by atoms with Gasteiger partial charge in [-0.1, -0.05) is 6.08 Å². The number of alkyl halides is 3. The fraction of sp³-hybridized carbons (Fsp3) is 0.562. The molecule has 1 atom stereocenters. The van der Waals surface area contributed by atoms with Crippen LogP contribution in [0.1, 0.15) is 6.42 Å². The van der Waals surface area contributed by atoms with E-state index in [1.165, 1.54) is 16.5 Å². The molecule has 27 heavy (non-hydrogen) atoms. The Hall–Kier alpha value is -2.01. The van der Waals surface area contributed by atoms with Gasteiger partial charge < -0.3 is 15.2 Å². The van der Waals surface area contributed by atoms with Crippen molar-refractivity contribution in [2.75, 3.05) is 38.2 Å². The molecule has 0 amide bonds. The largest absolute Gasteiger partial charge is 0.416 e. The molecule has 0 saturated carbocycles. The fourth-order valence-electron chi connectivity index (χ4n) is 3.45. The van der Waals surface area contributed by atoms with E-state index in [0.29, 0.717) is 31.3 Å². The first-order chi connectivity index (χ1) is 12.6. The highest BCUT2D eigenvalue weighted by molar-refractivity contribution is 7.88. The molecule has 0 radical (unpaired) electrons. The van der Waals surface area contributed by atoms with Gasteiger partial charge in [0, 0.05) is 56.7 Å². The summed E-state index contributed by atoms with van der Waals surface area (Å²) in [5, 5.41) is 0. The van der Waals surface area contributed by atoms with Gasteiger partial charge in [0.05, 0.1) is 11.8 Å². The van der Waals surface area contributed by atoms with Gasteiger partial charge in [-0.25, -0.2) is 13.4 Å². The van der Waals surface area contributed by atoms with E-state index >= 15 is 0 Å². The Bertz CT molecular complexity index is 852. The normalized spacial score (nSPS) is 22.5. The first-order valence-corrected chi connectivity index (χ1v) is 10.4. The Morgan fingerprint density at radius 1 is 1.26 bits per heavy atom. The molecular weight excluding hydrogens is 383 g/mol. The predicted octanol–water partition coefficient (Wildman–Crippen LogP) is 1.44. The second-order valence-electron chi connectivity index (χ2n) is 6.75. The highest BCUT2D eigenvalue weighted by atomic mass is 32.2. The van der Waals surface area contributed by atoms with Crippen molar-refractivity contribution in [1.82, 2.24) is 18.8 Å². The summed E-state index contributed by atoms with van der Waals surface area (Å²) in [6.07, 6.45) is 2.56. The number of anilines is 1. The van der Waals surface area contributed by atoms with Crippen molar-refractivity contribution in [1.29, 1.82) is 0 Å². The molecular formula is C16H22F3N5O2S. The van der Waals surface area contributed by atoms with Crippen LogP contribution in [0.25, 0.3) is 0 Å². The monoisotopic (exact) mass is 405 g/mol. The van der Waals surface area contributed by atoms with Crippen molar-refractivity contribution in [2.45, 2.75) is 19.1 Å². The van der Waals surface area contributed by atoms with Crippen LogP contribution in [0.4, 0.5) is 19.1 Å². The molecule has 3 rings (SSSR count). The zero-order chi connectivity index (χ0) is 19.8. The summed E-state index contributed by atoms with van der Waals surface area (Å²) < 4.78 is 66.0. The Morgan fingerprint density at radius 3 is 2.44 bits per heavy atom. The second kappa shape index (κ2) is 7.19. The summed E-state index contributed by atoms with van der Waals surface area (Å²) in [7, 11) is -3.31. The van der Waals surface area contributed by atoms with E-state index in [4.69, 9.17) is 5.73 Å². The molecule has 1 aliphatic carbocycles. The van der Waals surface area contributed by atoms with Gasteiger partial charge in [0.2, 0.25) is 10.0 Å². The van der Waals surface area contributed by atoms with Gasteiger partial charge in [0.25, 0.3) is 0 Å². The predicted molar refractivity (Wildman–Crippen MR) is 95.0 cm³/mol. The number of nitrogen functional groups attached to an aromatic ring is 1. The lowest BCUT2D eigenvalue weighted by Crippen LogP contribution is -2.49.